The van der Waals surface area contributed by atoms with Gasteiger partial charge in [-0.15, -0.1) is 0 Å². The first-order valence-corrected chi connectivity index (χ1v) is 8.77. The number of amides is 1. The highest BCUT2D eigenvalue weighted by molar-refractivity contribution is 9.10. The first kappa shape index (κ1) is 18.1. The predicted molar refractivity (Wildman–Crippen MR) is 104 cm³/mol. The number of rotatable bonds is 4. The van der Waals surface area contributed by atoms with Crippen molar-refractivity contribution in [2.75, 3.05) is 20.7 Å². The monoisotopic (exact) mass is 412 g/mol. The number of halogens is 1. The lowest BCUT2D eigenvalue weighted by Gasteiger charge is -2.17. The third-order valence-electron chi connectivity index (χ3n) is 4.03. The number of nitrogens with zero attached hydrogens (tertiary/aromatic N) is 2. The molecule has 0 saturated carbocycles. The number of para-hydroxylation sites is 1. The summed E-state index contributed by atoms with van der Waals surface area (Å²) < 4.78 is 5.62. The molecular formula is C20H17BrN2O3. The maximum absolute atomic E-state index is 12.9. The second-order valence-electron chi connectivity index (χ2n) is 5.82. The van der Waals surface area contributed by atoms with Crippen molar-refractivity contribution < 1.29 is 14.3 Å². The summed E-state index contributed by atoms with van der Waals surface area (Å²) >= 11 is 3.42. The summed E-state index contributed by atoms with van der Waals surface area (Å²) in [6.45, 7) is -0.112. The van der Waals surface area contributed by atoms with Crippen LogP contribution in [0.1, 0.15) is 10.4 Å². The van der Waals surface area contributed by atoms with Crippen LogP contribution in [0.3, 0.4) is 0 Å². The third kappa shape index (κ3) is 3.75. The topological polar surface area (TPSA) is 59.5 Å². The van der Waals surface area contributed by atoms with Crippen LogP contribution < -0.4 is 0 Å². The minimum Gasteiger partial charge on any atom is -0.468 e. The molecule has 0 spiro atoms. The van der Waals surface area contributed by atoms with E-state index in [0.717, 1.165) is 20.9 Å². The minimum absolute atomic E-state index is 0.112. The molecule has 0 fully saturated rings. The fourth-order valence-electron chi connectivity index (χ4n) is 2.66. The Morgan fingerprint density at radius 3 is 2.50 bits per heavy atom. The van der Waals surface area contributed by atoms with Crippen LogP contribution in [0.4, 0.5) is 0 Å². The Hall–Kier alpha value is -2.73. The maximum atomic E-state index is 12.9. The van der Waals surface area contributed by atoms with Gasteiger partial charge in [0.1, 0.15) is 6.54 Å². The number of pyridine rings is 1. The molecule has 0 radical (unpaired) electrons. The van der Waals surface area contributed by atoms with Gasteiger partial charge in [0.25, 0.3) is 5.91 Å². The number of fused-ring (bicyclic) bond motifs is 1. The van der Waals surface area contributed by atoms with Crippen LogP contribution in [0, 0.1) is 0 Å². The van der Waals surface area contributed by atoms with Crippen LogP contribution >= 0.6 is 15.9 Å². The number of methoxy groups -OCH3 is 1. The van der Waals surface area contributed by atoms with Gasteiger partial charge in [0.05, 0.1) is 23.9 Å². The molecule has 0 aliphatic rings. The summed E-state index contributed by atoms with van der Waals surface area (Å²) in [6.07, 6.45) is 0. The molecular weight excluding hydrogens is 396 g/mol. The van der Waals surface area contributed by atoms with E-state index < -0.39 is 5.97 Å². The molecule has 2 aromatic carbocycles. The lowest BCUT2D eigenvalue weighted by Crippen LogP contribution is -2.32. The number of carbonyl (C=O) groups excluding carboxylic acids is 2. The first-order valence-electron chi connectivity index (χ1n) is 7.97. The van der Waals surface area contributed by atoms with E-state index in [1.165, 1.54) is 12.0 Å². The van der Waals surface area contributed by atoms with E-state index in [9.17, 15) is 9.59 Å². The van der Waals surface area contributed by atoms with Gasteiger partial charge in [-0.1, -0.05) is 46.3 Å². The van der Waals surface area contributed by atoms with Gasteiger partial charge in [-0.05, 0) is 24.3 Å². The fraction of sp³-hybridized carbons (Fsp3) is 0.150. The minimum atomic E-state index is -0.465. The zero-order valence-electron chi connectivity index (χ0n) is 14.4. The largest absolute Gasteiger partial charge is 0.468 e. The van der Waals surface area contributed by atoms with Crippen LogP contribution in [0.15, 0.2) is 59.1 Å². The average Bonchev–Trinajstić information content (AvgIpc) is 2.66. The summed E-state index contributed by atoms with van der Waals surface area (Å²) in [5.41, 5.74) is 2.83. The Morgan fingerprint density at radius 1 is 1.12 bits per heavy atom. The lowest BCUT2D eigenvalue weighted by molar-refractivity contribution is -0.141. The van der Waals surface area contributed by atoms with Crippen LogP contribution in [0.5, 0.6) is 0 Å². The third-order valence-corrected chi connectivity index (χ3v) is 4.56. The highest BCUT2D eigenvalue weighted by atomic mass is 79.9. The standard InChI is InChI=1S/C20H17BrN2O3/c1-23(12-19(24)26-2)20(25)16-11-18(13-7-9-14(21)10-8-13)22-17-6-4-3-5-15(16)17/h3-11H,12H2,1-2H3. The summed E-state index contributed by atoms with van der Waals surface area (Å²) in [5.74, 6) is -0.722. The van der Waals surface area contributed by atoms with Gasteiger partial charge in [0.15, 0.2) is 0 Å². The molecule has 0 saturated heterocycles. The van der Waals surface area contributed by atoms with Gasteiger partial charge < -0.3 is 9.64 Å². The second kappa shape index (κ2) is 7.66. The molecule has 0 aliphatic carbocycles. The van der Waals surface area contributed by atoms with Crippen molar-refractivity contribution in [2.45, 2.75) is 0 Å². The van der Waals surface area contributed by atoms with Crippen LogP contribution in [0.2, 0.25) is 0 Å². The molecule has 26 heavy (non-hydrogen) atoms. The van der Waals surface area contributed by atoms with Crippen molar-refractivity contribution in [1.82, 2.24) is 9.88 Å². The molecule has 3 rings (SSSR count). The first-order chi connectivity index (χ1) is 12.5. The Labute approximate surface area is 159 Å². The van der Waals surface area contributed by atoms with Crippen molar-refractivity contribution in [2.24, 2.45) is 0 Å². The number of carbonyl (C=O) groups is 2. The van der Waals surface area contributed by atoms with Crippen LogP contribution in [-0.4, -0.2) is 42.5 Å². The SMILES string of the molecule is COC(=O)CN(C)C(=O)c1cc(-c2ccc(Br)cc2)nc2ccccc12. The zero-order valence-corrected chi connectivity index (χ0v) is 16.0. The fourth-order valence-corrected chi connectivity index (χ4v) is 2.92. The highest BCUT2D eigenvalue weighted by Crippen LogP contribution is 2.26. The maximum Gasteiger partial charge on any atom is 0.325 e. The Morgan fingerprint density at radius 2 is 1.81 bits per heavy atom. The van der Waals surface area contributed by atoms with E-state index in [4.69, 9.17) is 0 Å². The molecule has 0 atom stereocenters. The molecule has 0 unspecified atom stereocenters. The van der Waals surface area contributed by atoms with Crippen molar-refractivity contribution >= 4 is 38.7 Å². The van der Waals surface area contributed by atoms with E-state index in [0.29, 0.717) is 11.3 Å². The number of aromatic nitrogens is 1. The number of hydrogen-bond donors (Lipinski definition) is 0. The van der Waals surface area contributed by atoms with Crippen molar-refractivity contribution in [3.05, 3.63) is 64.6 Å². The van der Waals surface area contributed by atoms with Crippen LogP contribution in [0.25, 0.3) is 22.2 Å². The molecule has 1 aromatic heterocycles. The molecule has 5 nitrogen and oxygen atoms in total. The van der Waals surface area contributed by atoms with E-state index in [1.807, 2.05) is 48.5 Å². The van der Waals surface area contributed by atoms with Crippen molar-refractivity contribution in [3.8, 4) is 11.3 Å². The van der Waals surface area contributed by atoms with Crippen LogP contribution in [-0.2, 0) is 9.53 Å². The molecule has 1 amide bonds. The highest BCUT2D eigenvalue weighted by Gasteiger charge is 2.19. The van der Waals surface area contributed by atoms with E-state index in [-0.39, 0.29) is 12.5 Å². The number of hydrogen-bond acceptors (Lipinski definition) is 4. The van der Waals surface area contributed by atoms with Crippen molar-refractivity contribution in [3.63, 3.8) is 0 Å². The van der Waals surface area contributed by atoms with E-state index in [2.05, 4.69) is 25.7 Å². The molecule has 1 heterocycles. The average molecular weight is 413 g/mol. The van der Waals surface area contributed by atoms with E-state index in [1.54, 1.807) is 13.1 Å². The van der Waals surface area contributed by atoms with Crippen molar-refractivity contribution in [1.29, 1.82) is 0 Å². The molecule has 0 bridgehead atoms. The van der Waals surface area contributed by atoms with Gasteiger partial charge in [-0.3, -0.25) is 9.59 Å². The summed E-state index contributed by atoms with van der Waals surface area (Å²) in [7, 11) is 2.88. The molecule has 3 aromatic rings. The molecule has 132 valence electrons. The smallest absolute Gasteiger partial charge is 0.325 e. The Kier molecular flexibility index (Phi) is 5.32. The zero-order chi connectivity index (χ0) is 18.7. The lowest BCUT2D eigenvalue weighted by atomic mass is 10.0. The van der Waals surface area contributed by atoms with Gasteiger partial charge in [0, 0.05) is 22.5 Å². The Balaban J connectivity index is 2.09. The summed E-state index contributed by atoms with van der Waals surface area (Å²) in [4.78, 5) is 30.5. The number of esters is 1. The molecule has 0 N–H and O–H groups in total. The van der Waals surface area contributed by atoms with Gasteiger partial charge in [-0.25, -0.2) is 4.98 Å². The number of benzene rings is 2. The molecule has 6 heteroatoms. The van der Waals surface area contributed by atoms with Gasteiger partial charge in [0.2, 0.25) is 0 Å². The van der Waals surface area contributed by atoms with E-state index >= 15 is 0 Å². The van der Waals surface area contributed by atoms with Gasteiger partial charge in [-0.2, -0.15) is 0 Å². The number of ether oxygens (including phenoxy) is 1. The quantitative estimate of drug-likeness (QED) is 0.609. The number of likely N-dealkylation sites (N-methyl/N-ethyl adjacent to an activating group) is 1. The predicted octanol–water partition coefficient (Wildman–Crippen LogP) is 3.91. The summed E-state index contributed by atoms with van der Waals surface area (Å²) in [5, 5.41) is 0.745. The molecule has 0 aliphatic heterocycles. The normalized spacial score (nSPS) is 10.6. The van der Waals surface area contributed by atoms with Gasteiger partial charge >= 0.3 is 5.97 Å². The second-order valence-corrected chi connectivity index (χ2v) is 6.73. The summed E-state index contributed by atoms with van der Waals surface area (Å²) in [6, 6.07) is 17.0. The Bertz CT molecular complexity index is 970.